The molecule has 0 aliphatic rings. The van der Waals surface area contributed by atoms with Crippen LogP contribution in [0.25, 0.3) is 11.0 Å². The second-order valence-electron chi connectivity index (χ2n) is 9.95. The normalized spacial score (nSPS) is 12.9. The number of benzene rings is 2. The van der Waals surface area contributed by atoms with Crippen LogP contribution < -0.4 is 10.1 Å². The van der Waals surface area contributed by atoms with Crippen LogP contribution in [0.4, 0.5) is 0 Å². The van der Waals surface area contributed by atoms with E-state index in [2.05, 4.69) is 54.9 Å². The highest BCUT2D eigenvalue weighted by molar-refractivity contribution is 5.82. The molecule has 1 heterocycles. The molecule has 0 spiro atoms. The molecular weight excluding hydrogens is 398 g/mol. The minimum Gasteiger partial charge on any atom is -0.493 e. The number of nitrogens with zero attached hydrogens (tertiary/aromatic N) is 2. The first kappa shape index (κ1) is 23.8. The summed E-state index contributed by atoms with van der Waals surface area (Å²) in [5, 5.41) is 3.13. The molecule has 32 heavy (non-hydrogen) atoms. The van der Waals surface area contributed by atoms with E-state index in [4.69, 9.17) is 9.72 Å². The number of para-hydroxylation sites is 2. The molecule has 1 aromatic heterocycles. The smallest absolute Gasteiger partial charge is 0.225 e. The summed E-state index contributed by atoms with van der Waals surface area (Å²) in [6, 6.07) is 14.4. The van der Waals surface area contributed by atoms with E-state index in [1.807, 2.05) is 45.9 Å². The second kappa shape index (κ2) is 9.76. The molecule has 0 saturated carbocycles. The zero-order valence-corrected chi connectivity index (χ0v) is 20.5. The van der Waals surface area contributed by atoms with Crippen molar-refractivity contribution in [3.63, 3.8) is 0 Å². The molecule has 1 amide bonds. The fourth-order valence-electron chi connectivity index (χ4n) is 3.79. The number of aryl methyl sites for hydroxylation is 2. The number of hydrogen-bond acceptors (Lipinski definition) is 3. The number of hydrogen-bond donors (Lipinski definition) is 1. The highest BCUT2D eigenvalue weighted by Crippen LogP contribution is 2.28. The number of aromatic nitrogens is 2. The first-order valence-corrected chi connectivity index (χ1v) is 11.6. The summed E-state index contributed by atoms with van der Waals surface area (Å²) in [7, 11) is 0. The summed E-state index contributed by atoms with van der Waals surface area (Å²) in [6.45, 7) is 15.6. The van der Waals surface area contributed by atoms with Crippen LogP contribution in [0.2, 0.25) is 0 Å². The van der Waals surface area contributed by atoms with Crippen LogP contribution in [0.1, 0.15) is 76.9 Å². The lowest BCUT2D eigenvalue weighted by atomic mass is 9.95. The predicted molar refractivity (Wildman–Crippen MR) is 131 cm³/mol. The van der Waals surface area contributed by atoms with Crippen LogP contribution in [0, 0.1) is 12.3 Å². The van der Waals surface area contributed by atoms with E-state index in [-0.39, 0.29) is 11.9 Å². The van der Waals surface area contributed by atoms with Crippen LogP contribution in [0.15, 0.2) is 42.5 Å². The minimum atomic E-state index is -0.444. The number of amides is 1. The Kier molecular flexibility index (Phi) is 7.27. The van der Waals surface area contributed by atoms with Gasteiger partial charge in [0, 0.05) is 12.0 Å². The van der Waals surface area contributed by atoms with Gasteiger partial charge in [-0.25, -0.2) is 4.98 Å². The van der Waals surface area contributed by atoms with E-state index in [0.717, 1.165) is 35.6 Å². The Morgan fingerprint density at radius 2 is 1.84 bits per heavy atom. The minimum absolute atomic E-state index is 0.0209. The molecule has 0 radical (unpaired) electrons. The van der Waals surface area contributed by atoms with Gasteiger partial charge in [-0.3, -0.25) is 4.79 Å². The van der Waals surface area contributed by atoms with Crippen molar-refractivity contribution < 1.29 is 9.53 Å². The van der Waals surface area contributed by atoms with E-state index in [0.29, 0.717) is 12.5 Å². The standard InChI is InChI=1S/C27H37N3O2/c1-18(2)21-14-13-19(3)17-24(21)32-16-10-15-30-23-12-9-8-11-22(23)29-25(30)20(4)28-26(31)27(5,6)7/h8-9,11-14,17-18,20H,10,15-16H2,1-7H3,(H,28,31). The number of nitrogens with one attached hydrogen (secondary N) is 1. The van der Waals surface area contributed by atoms with Crippen molar-refractivity contribution in [1.82, 2.24) is 14.9 Å². The van der Waals surface area contributed by atoms with Gasteiger partial charge in [0.1, 0.15) is 11.6 Å². The third-order valence-electron chi connectivity index (χ3n) is 5.67. The van der Waals surface area contributed by atoms with Gasteiger partial charge in [-0.15, -0.1) is 0 Å². The summed E-state index contributed by atoms with van der Waals surface area (Å²) in [6.07, 6.45) is 0.846. The monoisotopic (exact) mass is 435 g/mol. The van der Waals surface area contributed by atoms with Crippen molar-refractivity contribution in [2.24, 2.45) is 5.41 Å². The lowest BCUT2D eigenvalue weighted by Crippen LogP contribution is -2.37. The largest absolute Gasteiger partial charge is 0.493 e. The molecular formula is C27H37N3O2. The van der Waals surface area contributed by atoms with Crippen LogP contribution in [0.5, 0.6) is 5.75 Å². The third-order valence-corrected chi connectivity index (χ3v) is 5.67. The summed E-state index contributed by atoms with van der Waals surface area (Å²) in [5.74, 6) is 2.29. The molecule has 5 nitrogen and oxygen atoms in total. The summed E-state index contributed by atoms with van der Waals surface area (Å²) < 4.78 is 8.41. The van der Waals surface area contributed by atoms with Gasteiger partial charge in [0.2, 0.25) is 5.91 Å². The van der Waals surface area contributed by atoms with Gasteiger partial charge in [0.05, 0.1) is 23.7 Å². The van der Waals surface area contributed by atoms with Gasteiger partial charge in [0.25, 0.3) is 0 Å². The topological polar surface area (TPSA) is 56.1 Å². The predicted octanol–water partition coefficient (Wildman–Crippen LogP) is 6.16. The Balaban J connectivity index is 1.75. The molecule has 0 aliphatic heterocycles. The fourth-order valence-corrected chi connectivity index (χ4v) is 3.79. The molecule has 0 saturated heterocycles. The lowest BCUT2D eigenvalue weighted by Gasteiger charge is -2.22. The lowest BCUT2D eigenvalue weighted by molar-refractivity contribution is -0.129. The molecule has 0 fully saturated rings. The number of imidazole rings is 1. The van der Waals surface area contributed by atoms with E-state index in [1.54, 1.807) is 0 Å². The SMILES string of the molecule is Cc1ccc(C(C)C)c(OCCCn2c(C(C)NC(=O)C(C)(C)C)nc3ccccc32)c1. The van der Waals surface area contributed by atoms with E-state index >= 15 is 0 Å². The molecule has 3 rings (SSSR count). The van der Waals surface area contributed by atoms with Crippen LogP contribution in [0.3, 0.4) is 0 Å². The van der Waals surface area contributed by atoms with E-state index < -0.39 is 5.41 Å². The van der Waals surface area contributed by atoms with Crippen molar-refractivity contribution >= 4 is 16.9 Å². The fraction of sp³-hybridized carbons (Fsp3) is 0.481. The van der Waals surface area contributed by atoms with E-state index in [9.17, 15) is 4.79 Å². The average molecular weight is 436 g/mol. The quantitative estimate of drug-likeness (QED) is 0.431. The van der Waals surface area contributed by atoms with Gasteiger partial charge >= 0.3 is 0 Å². The molecule has 172 valence electrons. The Labute approximate surface area is 192 Å². The van der Waals surface area contributed by atoms with Crippen molar-refractivity contribution in [3.05, 3.63) is 59.4 Å². The summed E-state index contributed by atoms with van der Waals surface area (Å²) >= 11 is 0. The summed E-state index contributed by atoms with van der Waals surface area (Å²) in [5.41, 5.74) is 4.03. The number of fused-ring (bicyclic) bond motifs is 1. The summed E-state index contributed by atoms with van der Waals surface area (Å²) in [4.78, 5) is 17.4. The first-order chi connectivity index (χ1) is 15.1. The van der Waals surface area contributed by atoms with Crippen LogP contribution in [-0.2, 0) is 11.3 Å². The average Bonchev–Trinajstić information content (AvgIpc) is 3.09. The number of carbonyl (C=O) groups excluding carboxylic acids is 1. The number of carbonyl (C=O) groups is 1. The molecule has 1 N–H and O–H groups in total. The molecule has 0 bridgehead atoms. The Morgan fingerprint density at radius 3 is 2.53 bits per heavy atom. The molecule has 5 heteroatoms. The third kappa shape index (κ3) is 5.50. The highest BCUT2D eigenvalue weighted by Gasteiger charge is 2.25. The Hall–Kier alpha value is -2.82. The van der Waals surface area contributed by atoms with Crippen molar-refractivity contribution in [3.8, 4) is 5.75 Å². The van der Waals surface area contributed by atoms with Gasteiger partial charge < -0.3 is 14.6 Å². The van der Waals surface area contributed by atoms with Gasteiger partial charge in [-0.05, 0) is 55.5 Å². The van der Waals surface area contributed by atoms with Crippen molar-refractivity contribution in [2.45, 2.75) is 73.4 Å². The maximum Gasteiger partial charge on any atom is 0.225 e. The van der Waals surface area contributed by atoms with Crippen molar-refractivity contribution in [2.75, 3.05) is 6.61 Å². The van der Waals surface area contributed by atoms with Gasteiger partial charge in [-0.2, -0.15) is 0 Å². The second-order valence-corrected chi connectivity index (χ2v) is 9.95. The molecule has 1 unspecified atom stereocenters. The van der Waals surface area contributed by atoms with E-state index in [1.165, 1.54) is 11.1 Å². The van der Waals surface area contributed by atoms with Crippen LogP contribution in [-0.4, -0.2) is 22.1 Å². The first-order valence-electron chi connectivity index (χ1n) is 11.6. The van der Waals surface area contributed by atoms with Crippen LogP contribution >= 0.6 is 0 Å². The molecule has 0 aliphatic carbocycles. The zero-order valence-electron chi connectivity index (χ0n) is 20.5. The van der Waals surface area contributed by atoms with Crippen molar-refractivity contribution in [1.29, 1.82) is 0 Å². The molecule has 3 aromatic rings. The van der Waals surface area contributed by atoms with Gasteiger partial charge in [0.15, 0.2) is 0 Å². The highest BCUT2D eigenvalue weighted by atomic mass is 16.5. The molecule has 2 aromatic carbocycles. The zero-order chi connectivity index (χ0) is 23.5. The Bertz CT molecular complexity index is 1080. The molecule has 1 atom stereocenters. The number of ether oxygens (including phenoxy) is 1. The maximum atomic E-state index is 12.5. The van der Waals surface area contributed by atoms with Gasteiger partial charge in [-0.1, -0.05) is 58.9 Å². The maximum absolute atomic E-state index is 12.5. The number of rotatable bonds is 8. The Morgan fingerprint density at radius 1 is 1.12 bits per heavy atom.